The van der Waals surface area contributed by atoms with E-state index in [9.17, 15) is 9.59 Å². The second-order valence-electron chi connectivity index (χ2n) is 6.85. The molecule has 2 N–H and O–H groups in total. The highest BCUT2D eigenvalue weighted by Crippen LogP contribution is 2.50. The lowest BCUT2D eigenvalue weighted by Crippen LogP contribution is -2.51. The van der Waals surface area contributed by atoms with Crippen LogP contribution >= 0.6 is 0 Å². The third-order valence-electron chi connectivity index (χ3n) is 4.09. The van der Waals surface area contributed by atoms with Gasteiger partial charge in [0.25, 0.3) is 0 Å². The van der Waals surface area contributed by atoms with Gasteiger partial charge in [0.15, 0.2) is 0 Å². The molecule has 0 spiro atoms. The van der Waals surface area contributed by atoms with Gasteiger partial charge in [-0.3, -0.25) is 4.79 Å². The van der Waals surface area contributed by atoms with Crippen LogP contribution in [-0.2, 0) is 9.53 Å². The Kier molecular flexibility index (Phi) is 3.74. The van der Waals surface area contributed by atoms with Crippen molar-refractivity contribution in [3.05, 3.63) is 0 Å². The van der Waals surface area contributed by atoms with Gasteiger partial charge in [0, 0.05) is 12.5 Å². The van der Waals surface area contributed by atoms with E-state index in [-0.39, 0.29) is 24.5 Å². The molecule has 4 unspecified atom stereocenters. The topological polar surface area (TPSA) is 75.6 Å². The minimum atomic E-state index is -0.719. The number of fused-ring (bicyclic) bond motifs is 1. The average molecular weight is 269 g/mol. The van der Waals surface area contributed by atoms with E-state index in [0.717, 1.165) is 19.3 Å². The van der Waals surface area contributed by atoms with E-state index in [1.54, 1.807) is 0 Å². The third kappa shape index (κ3) is 3.61. The zero-order valence-electron chi connectivity index (χ0n) is 11.8. The average Bonchev–Trinajstić information content (AvgIpc) is 2.49. The molecule has 0 saturated heterocycles. The highest BCUT2D eigenvalue weighted by molar-refractivity contribution is 5.68. The van der Waals surface area contributed by atoms with Crippen molar-refractivity contribution < 1.29 is 19.4 Å². The first-order valence-corrected chi connectivity index (χ1v) is 6.96. The van der Waals surface area contributed by atoms with Gasteiger partial charge in [-0.05, 0) is 57.8 Å². The fraction of sp³-hybridized carbons (Fsp3) is 0.857. The molecule has 2 fully saturated rings. The van der Waals surface area contributed by atoms with Crippen molar-refractivity contribution in [3.63, 3.8) is 0 Å². The molecule has 0 radical (unpaired) electrons. The molecule has 19 heavy (non-hydrogen) atoms. The summed E-state index contributed by atoms with van der Waals surface area (Å²) < 4.78 is 5.24. The quantitative estimate of drug-likeness (QED) is 0.825. The molecular weight excluding hydrogens is 246 g/mol. The molecule has 2 rings (SSSR count). The van der Waals surface area contributed by atoms with E-state index in [1.807, 2.05) is 20.8 Å². The zero-order valence-corrected chi connectivity index (χ0v) is 11.8. The number of carbonyl (C=O) groups is 2. The maximum atomic E-state index is 11.7. The molecule has 1 amide bonds. The molecule has 2 aliphatic rings. The number of aliphatic carboxylic acids is 1. The Bertz CT molecular complexity index is 374. The van der Waals surface area contributed by atoms with Crippen LogP contribution in [-0.4, -0.2) is 28.8 Å². The van der Waals surface area contributed by atoms with Gasteiger partial charge in [-0.1, -0.05) is 0 Å². The number of hydrogen-bond acceptors (Lipinski definition) is 3. The van der Waals surface area contributed by atoms with Crippen molar-refractivity contribution in [2.45, 2.75) is 58.1 Å². The number of carboxylic acids is 1. The van der Waals surface area contributed by atoms with Crippen LogP contribution in [0.2, 0.25) is 0 Å². The largest absolute Gasteiger partial charge is 0.481 e. The maximum Gasteiger partial charge on any atom is 0.407 e. The first-order valence-electron chi connectivity index (χ1n) is 6.96. The number of carboxylic acid groups (broad SMARTS) is 1. The summed E-state index contributed by atoms with van der Waals surface area (Å²) in [7, 11) is 0. The standard InChI is InChI=1S/C14H23NO4/c1-14(2,3)19-13(18)15-11-7-9-4-8(5-10(9)11)6-12(16)17/h8-11H,4-7H2,1-3H3,(H,15,18)(H,16,17). The minimum Gasteiger partial charge on any atom is -0.481 e. The predicted octanol–water partition coefficient (Wildman–Crippen LogP) is 2.40. The highest BCUT2D eigenvalue weighted by atomic mass is 16.6. The number of amides is 1. The molecule has 0 aromatic heterocycles. The van der Waals surface area contributed by atoms with Gasteiger partial charge >= 0.3 is 12.1 Å². The number of ether oxygens (including phenoxy) is 1. The summed E-state index contributed by atoms with van der Waals surface area (Å²) in [5.74, 6) is 0.585. The fourth-order valence-electron chi connectivity index (χ4n) is 3.38. The Hall–Kier alpha value is -1.26. The first kappa shape index (κ1) is 14.2. The number of nitrogens with one attached hydrogen (secondary N) is 1. The van der Waals surface area contributed by atoms with Crippen molar-refractivity contribution in [2.24, 2.45) is 17.8 Å². The summed E-state index contributed by atoms with van der Waals surface area (Å²) in [6.45, 7) is 5.53. The summed E-state index contributed by atoms with van der Waals surface area (Å²) in [6, 6.07) is 0.165. The van der Waals surface area contributed by atoms with Gasteiger partial charge in [0.1, 0.15) is 5.60 Å². The third-order valence-corrected chi connectivity index (χ3v) is 4.09. The molecule has 4 atom stereocenters. The van der Waals surface area contributed by atoms with Crippen LogP contribution in [0.25, 0.3) is 0 Å². The molecule has 0 heterocycles. The van der Waals surface area contributed by atoms with Crippen LogP contribution in [0.3, 0.4) is 0 Å². The second kappa shape index (κ2) is 5.02. The monoisotopic (exact) mass is 269 g/mol. The molecule has 2 aliphatic carbocycles. The SMILES string of the molecule is CC(C)(C)OC(=O)NC1CC2CC(CC(=O)O)CC21. The van der Waals surface area contributed by atoms with E-state index >= 15 is 0 Å². The number of hydrogen-bond donors (Lipinski definition) is 2. The Morgan fingerprint density at radius 2 is 1.95 bits per heavy atom. The molecule has 0 aliphatic heterocycles. The van der Waals surface area contributed by atoms with Crippen LogP contribution in [0, 0.1) is 17.8 Å². The van der Waals surface area contributed by atoms with Gasteiger partial charge < -0.3 is 15.2 Å². The van der Waals surface area contributed by atoms with Crippen LogP contribution in [0.15, 0.2) is 0 Å². The highest BCUT2D eigenvalue weighted by Gasteiger charge is 2.48. The molecule has 0 aromatic carbocycles. The number of carbonyl (C=O) groups excluding carboxylic acids is 1. The molecule has 108 valence electrons. The molecule has 0 bridgehead atoms. The van der Waals surface area contributed by atoms with Crippen molar-refractivity contribution in [2.75, 3.05) is 0 Å². The van der Waals surface area contributed by atoms with Gasteiger partial charge in [-0.25, -0.2) is 4.79 Å². The van der Waals surface area contributed by atoms with Crippen LogP contribution < -0.4 is 5.32 Å². The van der Waals surface area contributed by atoms with Crippen LogP contribution in [0.1, 0.15) is 46.5 Å². The van der Waals surface area contributed by atoms with E-state index in [0.29, 0.717) is 11.8 Å². The van der Waals surface area contributed by atoms with Crippen molar-refractivity contribution in [1.29, 1.82) is 0 Å². The summed E-state index contributed by atoms with van der Waals surface area (Å²) in [4.78, 5) is 22.4. The van der Waals surface area contributed by atoms with Crippen LogP contribution in [0.5, 0.6) is 0 Å². The first-order chi connectivity index (χ1) is 8.74. The lowest BCUT2D eigenvalue weighted by atomic mass is 9.71. The minimum absolute atomic E-state index is 0.165. The molecule has 0 aromatic rings. The summed E-state index contributed by atoms with van der Waals surface area (Å²) in [6.07, 6.45) is 2.75. The molecular formula is C14H23NO4. The molecule has 5 heteroatoms. The second-order valence-corrected chi connectivity index (χ2v) is 6.85. The van der Waals surface area contributed by atoms with Crippen molar-refractivity contribution >= 4 is 12.1 Å². The lowest BCUT2D eigenvalue weighted by molar-refractivity contribution is -0.138. The lowest BCUT2D eigenvalue weighted by Gasteiger charge is -2.40. The Labute approximate surface area is 113 Å². The maximum absolute atomic E-state index is 11.7. The Morgan fingerprint density at radius 3 is 2.53 bits per heavy atom. The van der Waals surface area contributed by atoms with Gasteiger partial charge in [-0.2, -0.15) is 0 Å². The Morgan fingerprint density at radius 1 is 1.26 bits per heavy atom. The van der Waals surface area contributed by atoms with Crippen LogP contribution in [0.4, 0.5) is 4.79 Å². The molecule has 2 saturated carbocycles. The summed E-state index contributed by atoms with van der Waals surface area (Å²) in [5.41, 5.74) is -0.477. The van der Waals surface area contributed by atoms with Crippen molar-refractivity contribution in [1.82, 2.24) is 5.32 Å². The van der Waals surface area contributed by atoms with E-state index in [2.05, 4.69) is 5.32 Å². The normalized spacial score (nSPS) is 33.2. The fourth-order valence-corrected chi connectivity index (χ4v) is 3.38. The number of rotatable bonds is 3. The van der Waals surface area contributed by atoms with Crippen molar-refractivity contribution in [3.8, 4) is 0 Å². The summed E-state index contributed by atoms with van der Waals surface area (Å²) in [5, 5.41) is 11.7. The van der Waals surface area contributed by atoms with Gasteiger partial charge in [0.05, 0.1) is 0 Å². The smallest absolute Gasteiger partial charge is 0.407 e. The zero-order chi connectivity index (χ0) is 14.2. The van der Waals surface area contributed by atoms with Gasteiger partial charge in [-0.15, -0.1) is 0 Å². The van der Waals surface area contributed by atoms with E-state index in [1.165, 1.54) is 0 Å². The Balaban J connectivity index is 1.77. The van der Waals surface area contributed by atoms with E-state index < -0.39 is 11.6 Å². The van der Waals surface area contributed by atoms with Gasteiger partial charge in [0.2, 0.25) is 0 Å². The van der Waals surface area contributed by atoms with E-state index in [4.69, 9.17) is 9.84 Å². The molecule has 5 nitrogen and oxygen atoms in total. The summed E-state index contributed by atoms with van der Waals surface area (Å²) >= 11 is 0. The predicted molar refractivity (Wildman–Crippen MR) is 69.7 cm³/mol. The number of alkyl carbamates (subject to hydrolysis) is 1.